The van der Waals surface area contributed by atoms with Gasteiger partial charge in [0.25, 0.3) is 11.5 Å². The number of nitrogens with one attached hydrogen (secondary N) is 2. The van der Waals surface area contributed by atoms with Gasteiger partial charge in [0.1, 0.15) is 11.5 Å². The van der Waals surface area contributed by atoms with Crippen molar-refractivity contribution in [2.24, 2.45) is 0 Å². The van der Waals surface area contributed by atoms with E-state index in [1.165, 1.54) is 43.7 Å². The third-order valence-electron chi connectivity index (χ3n) is 7.89. The first kappa shape index (κ1) is 27.4. The fourth-order valence-electron chi connectivity index (χ4n) is 5.60. The van der Waals surface area contributed by atoms with Crippen molar-refractivity contribution < 1.29 is 19.4 Å². The summed E-state index contributed by atoms with van der Waals surface area (Å²) in [5.74, 6) is 0.295. The summed E-state index contributed by atoms with van der Waals surface area (Å²) in [7, 11) is 0. The summed E-state index contributed by atoms with van der Waals surface area (Å²) in [4.78, 5) is 46.4. The molecule has 0 spiro atoms. The van der Waals surface area contributed by atoms with Crippen molar-refractivity contribution in [3.8, 4) is 0 Å². The molecule has 2 aromatic carbocycles. The van der Waals surface area contributed by atoms with Gasteiger partial charge in [-0.15, -0.1) is 0 Å². The van der Waals surface area contributed by atoms with Crippen LogP contribution in [0.1, 0.15) is 85.0 Å². The van der Waals surface area contributed by atoms with Gasteiger partial charge in [-0.05, 0) is 62.3 Å². The molecule has 9 nitrogen and oxygen atoms in total. The number of nitrogens with zero attached hydrogens (tertiary/aromatic N) is 2. The Morgan fingerprint density at radius 3 is 2.45 bits per heavy atom. The first-order valence-electron chi connectivity index (χ1n) is 14.2. The Morgan fingerprint density at radius 2 is 1.75 bits per heavy atom. The van der Waals surface area contributed by atoms with E-state index in [4.69, 9.17) is 4.74 Å². The normalized spacial score (nSPS) is 17.1. The predicted molar refractivity (Wildman–Crippen MR) is 154 cm³/mol. The van der Waals surface area contributed by atoms with Gasteiger partial charge in [0.2, 0.25) is 0 Å². The van der Waals surface area contributed by atoms with Gasteiger partial charge < -0.3 is 25.0 Å². The number of hydrogen-bond donors (Lipinski definition) is 3. The molecule has 2 heterocycles. The van der Waals surface area contributed by atoms with Crippen LogP contribution in [0.2, 0.25) is 0 Å². The monoisotopic (exact) mass is 544 g/mol. The summed E-state index contributed by atoms with van der Waals surface area (Å²) in [6, 6.07) is 12.8. The highest BCUT2D eigenvalue weighted by Crippen LogP contribution is 2.33. The van der Waals surface area contributed by atoms with Crippen LogP contribution in [0, 0.1) is 0 Å². The Balaban J connectivity index is 1.25. The van der Waals surface area contributed by atoms with Crippen molar-refractivity contribution in [1.29, 1.82) is 0 Å². The Kier molecular flexibility index (Phi) is 8.48. The minimum atomic E-state index is -0.457. The van der Waals surface area contributed by atoms with Crippen LogP contribution in [0.4, 0.5) is 4.79 Å². The van der Waals surface area contributed by atoms with Crippen LogP contribution in [-0.2, 0) is 4.74 Å². The number of hydrogen-bond acceptors (Lipinski definition) is 6. The molecule has 2 fully saturated rings. The molecule has 0 radical (unpaired) electrons. The molecule has 2 aliphatic rings. The van der Waals surface area contributed by atoms with Crippen molar-refractivity contribution in [3.63, 3.8) is 0 Å². The first-order valence-corrected chi connectivity index (χ1v) is 14.2. The number of carbonyl (C=O) groups is 2. The Hall–Kier alpha value is -4.14. The third kappa shape index (κ3) is 6.35. The molecule has 5 rings (SSSR count). The molecule has 210 valence electrons. The molecule has 1 aromatic heterocycles. The SMILES string of the molecule is CCOC(=O)N1CCC(NC(=O)c2ccc3nc(/C=C(\O)c4ccc(C5CCCCC5)cc4)c(=O)[nH]c3c2)CC1. The highest BCUT2D eigenvalue weighted by molar-refractivity contribution is 5.97. The summed E-state index contributed by atoms with van der Waals surface area (Å²) in [5, 5.41) is 13.7. The lowest BCUT2D eigenvalue weighted by Crippen LogP contribution is -2.46. The molecule has 0 bridgehead atoms. The zero-order chi connectivity index (χ0) is 28.1. The summed E-state index contributed by atoms with van der Waals surface area (Å²) in [6.07, 6.45) is 8.56. The maximum Gasteiger partial charge on any atom is 0.409 e. The van der Waals surface area contributed by atoms with Crippen LogP contribution >= 0.6 is 0 Å². The van der Waals surface area contributed by atoms with Crippen LogP contribution in [-0.4, -0.2) is 57.7 Å². The highest BCUT2D eigenvalue weighted by Gasteiger charge is 2.25. The average Bonchev–Trinajstić information content (AvgIpc) is 2.98. The Morgan fingerprint density at radius 1 is 1.05 bits per heavy atom. The Bertz CT molecular complexity index is 1450. The van der Waals surface area contributed by atoms with Gasteiger partial charge in [0.15, 0.2) is 0 Å². The van der Waals surface area contributed by atoms with Crippen LogP contribution < -0.4 is 10.9 Å². The van der Waals surface area contributed by atoms with Crippen LogP contribution in [0.25, 0.3) is 22.9 Å². The number of likely N-dealkylation sites (tertiary alicyclic amines) is 1. The fourth-order valence-corrected chi connectivity index (χ4v) is 5.60. The maximum absolute atomic E-state index is 12.9. The summed E-state index contributed by atoms with van der Waals surface area (Å²) >= 11 is 0. The van der Waals surface area contributed by atoms with Gasteiger partial charge in [-0.2, -0.15) is 0 Å². The van der Waals surface area contributed by atoms with E-state index in [1.54, 1.807) is 30.0 Å². The number of aromatic nitrogens is 2. The summed E-state index contributed by atoms with van der Waals surface area (Å²) in [6.45, 7) is 3.15. The zero-order valence-electron chi connectivity index (χ0n) is 22.8. The topological polar surface area (TPSA) is 125 Å². The molecule has 1 saturated heterocycles. The van der Waals surface area contributed by atoms with Crippen molar-refractivity contribution >= 4 is 34.9 Å². The number of fused-ring (bicyclic) bond motifs is 1. The molecule has 0 unspecified atom stereocenters. The number of piperidine rings is 1. The lowest BCUT2D eigenvalue weighted by Gasteiger charge is -2.31. The van der Waals surface area contributed by atoms with E-state index < -0.39 is 5.56 Å². The number of rotatable bonds is 6. The van der Waals surface area contributed by atoms with Crippen molar-refractivity contribution in [2.75, 3.05) is 19.7 Å². The molecule has 3 aromatic rings. The second kappa shape index (κ2) is 12.4. The van der Waals surface area contributed by atoms with E-state index in [9.17, 15) is 19.5 Å². The van der Waals surface area contributed by atoms with E-state index >= 15 is 0 Å². The lowest BCUT2D eigenvalue weighted by atomic mass is 9.84. The van der Waals surface area contributed by atoms with Crippen LogP contribution in [0.15, 0.2) is 47.3 Å². The zero-order valence-corrected chi connectivity index (χ0v) is 22.8. The smallest absolute Gasteiger partial charge is 0.409 e. The number of benzene rings is 2. The predicted octanol–water partition coefficient (Wildman–Crippen LogP) is 5.38. The largest absolute Gasteiger partial charge is 0.507 e. The number of carbonyl (C=O) groups excluding carboxylic acids is 2. The second-order valence-electron chi connectivity index (χ2n) is 10.6. The molecule has 9 heteroatoms. The van der Waals surface area contributed by atoms with Gasteiger partial charge in [-0.3, -0.25) is 9.59 Å². The standard InChI is InChI=1S/C31H36N4O5/c1-2-40-31(39)35-16-14-24(15-17-35)32-29(37)23-12-13-25-26(18-23)34-30(38)27(33-25)19-28(36)22-10-8-21(9-11-22)20-6-4-3-5-7-20/h8-13,18-20,24,36H,2-7,14-17H2,1H3,(H,32,37)(H,34,38)/b28-19-. The fraction of sp³-hybridized carbons (Fsp3) is 0.419. The van der Waals surface area contributed by atoms with E-state index in [2.05, 4.69) is 27.4 Å². The van der Waals surface area contributed by atoms with Gasteiger partial charge in [0, 0.05) is 36.3 Å². The number of H-pyrrole nitrogens is 1. The average molecular weight is 545 g/mol. The minimum absolute atomic E-state index is 0.0300. The molecule has 0 atom stereocenters. The minimum Gasteiger partial charge on any atom is -0.507 e. The van der Waals surface area contributed by atoms with Crippen molar-refractivity contribution in [1.82, 2.24) is 20.2 Å². The number of ether oxygens (including phenoxy) is 1. The van der Waals surface area contributed by atoms with Crippen molar-refractivity contribution in [3.05, 3.63) is 75.2 Å². The molecule has 3 N–H and O–H groups in total. The molecule has 2 amide bonds. The van der Waals surface area contributed by atoms with Gasteiger partial charge in [-0.1, -0.05) is 43.5 Å². The van der Waals surface area contributed by atoms with Crippen LogP contribution in [0.5, 0.6) is 0 Å². The molecular weight excluding hydrogens is 508 g/mol. The van der Waals surface area contributed by atoms with E-state index in [0.29, 0.717) is 60.6 Å². The number of aliphatic hydroxyl groups is 1. The van der Waals surface area contributed by atoms with Crippen molar-refractivity contribution in [2.45, 2.75) is 63.8 Å². The summed E-state index contributed by atoms with van der Waals surface area (Å²) < 4.78 is 5.04. The lowest BCUT2D eigenvalue weighted by molar-refractivity contribution is 0.0860. The third-order valence-corrected chi connectivity index (χ3v) is 7.89. The quantitative estimate of drug-likeness (QED) is 0.358. The van der Waals surface area contributed by atoms with Crippen LogP contribution in [0.3, 0.4) is 0 Å². The van der Waals surface area contributed by atoms with E-state index in [0.717, 1.165) is 0 Å². The van der Waals surface area contributed by atoms with E-state index in [1.807, 2.05) is 12.1 Å². The number of aliphatic hydroxyl groups excluding tert-OH is 1. The maximum atomic E-state index is 12.9. The first-order chi connectivity index (χ1) is 19.4. The van der Waals surface area contributed by atoms with Gasteiger partial charge >= 0.3 is 6.09 Å². The van der Waals surface area contributed by atoms with E-state index in [-0.39, 0.29) is 29.5 Å². The molecular formula is C31H36N4O5. The second-order valence-corrected chi connectivity index (χ2v) is 10.6. The van der Waals surface area contributed by atoms with Gasteiger partial charge in [-0.25, -0.2) is 9.78 Å². The van der Waals surface area contributed by atoms with Gasteiger partial charge in [0.05, 0.1) is 17.6 Å². The number of amides is 2. The molecule has 1 aliphatic carbocycles. The Labute approximate surface area is 233 Å². The highest BCUT2D eigenvalue weighted by atomic mass is 16.6. The molecule has 1 aliphatic heterocycles. The summed E-state index contributed by atoms with van der Waals surface area (Å²) in [5.41, 5.74) is 2.89. The molecule has 1 saturated carbocycles. The number of aromatic amines is 1. The molecule has 40 heavy (non-hydrogen) atoms.